The quantitative estimate of drug-likeness (QED) is 0.0886. The number of ketones is 1. The zero-order valence-electron chi connectivity index (χ0n) is 39.8. The van der Waals surface area contributed by atoms with Crippen molar-refractivity contribution in [2.24, 2.45) is 0 Å². The third-order valence-electron chi connectivity index (χ3n) is 11.8. The third kappa shape index (κ3) is 12.5. The van der Waals surface area contributed by atoms with Crippen LogP contribution in [0.1, 0.15) is 77.0 Å². The van der Waals surface area contributed by atoms with E-state index in [9.17, 15) is 4.79 Å². The summed E-state index contributed by atoms with van der Waals surface area (Å²) in [4.78, 5) is 19.6. The second-order valence-electron chi connectivity index (χ2n) is 16.8. The highest BCUT2D eigenvalue weighted by Crippen LogP contribution is 2.36. The minimum atomic E-state index is -0.182. The highest BCUT2D eigenvalue weighted by molar-refractivity contribution is 6.09. The molecule has 0 aliphatic heterocycles. The number of nitriles is 2. The van der Waals surface area contributed by atoms with E-state index in [0.717, 1.165) is 23.0 Å². The molecule has 344 valence electrons. The van der Waals surface area contributed by atoms with Gasteiger partial charge in [0, 0.05) is 22.0 Å². The van der Waals surface area contributed by atoms with Gasteiger partial charge < -0.3 is 18.9 Å². The molecule has 0 N–H and O–H groups in total. The minimum absolute atomic E-state index is 0.0710. The molecule has 0 aromatic heterocycles. The van der Waals surface area contributed by atoms with Crippen molar-refractivity contribution >= 4 is 17.2 Å². The van der Waals surface area contributed by atoms with Crippen molar-refractivity contribution < 1.29 is 23.7 Å². The van der Waals surface area contributed by atoms with Crippen LogP contribution in [0.3, 0.4) is 0 Å². The van der Waals surface area contributed by atoms with Crippen LogP contribution in [-0.2, 0) is 10.8 Å². The molecule has 8 rings (SSSR count). The van der Waals surface area contributed by atoms with E-state index in [4.69, 9.17) is 42.6 Å². The van der Waals surface area contributed by atoms with E-state index in [-0.39, 0.29) is 16.6 Å². The van der Waals surface area contributed by atoms with Crippen LogP contribution in [-0.4, -0.2) is 20.0 Å². The van der Waals surface area contributed by atoms with Crippen LogP contribution in [0.4, 0.5) is 11.4 Å². The summed E-state index contributed by atoms with van der Waals surface area (Å²) in [5, 5.41) is 16.9. The first-order chi connectivity index (χ1) is 33.8. The monoisotopic (exact) mass is 918 g/mol. The Hall–Kier alpha value is -9.41. The van der Waals surface area contributed by atoms with Gasteiger partial charge >= 0.3 is 0 Å². The lowest BCUT2D eigenvalue weighted by atomic mass is 9.78. The topological polar surface area (TPSA) is 110 Å². The van der Waals surface area contributed by atoms with Crippen LogP contribution in [0, 0.1) is 35.8 Å². The van der Waals surface area contributed by atoms with Crippen molar-refractivity contribution in [2.75, 3.05) is 14.2 Å². The first-order valence-electron chi connectivity index (χ1n) is 22.2. The summed E-state index contributed by atoms with van der Waals surface area (Å²) >= 11 is 0. The zero-order valence-corrected chi connectivity index (χ0v) is 39.8. The summed E-state index contributed by atoms with van der Waals surface area (Å²) in [6.45, 7) is 22.1. The first-order valence-corrected chi connectivity index (χ1v) is 22.2. The molecule has 0 bridgehead atoms. The van der Waals surface area contributed by atoms with E-state index in [1.54, 1.807) is 87.0 Å². The maximum absolute atomic E-state index is 13.3. The molecule has 9 heteroatoms. The number of carbonyl (C=O) groups is 1. The standard InChI is InChI=1S/C45H42O5.2C8H4N2/c1-44(2,33-11-23-37(47-5)24-12-33)35-15-27-41(28-16-35)49-39-19-7-31(8-20-39)43(46)32-9-21-40(22-10-32)50-42-29-17-36(18-30-42)45(3,4)34-13-25-38(48-6)26-14-34;1-9-7-5-3-4-6-8(7)10-2;9-5-7-3-1-2-4-8(7)6-10/h7-30H,1-6H3;3-6H;1-4H. The Morgan fingerprint density at radius 3 is 0.929 bits per heavy atom. The summed E-state index contributed by atoms with van der Waals surface area (Å²) < 4.78 is 22.8. The fourth-order valence-electron chi connectivity index (χ4n) is 7.35. The Bertz CT molecular complexity index is 2900. The molecule has 0 spiro atoms. The van der Waals surface area contributed by atoms with Gasteiger partial charge in [-0.1, -0.05) is 113 Å². The van der Waals surface area contributed by atoms with Crippen LogP contribution in [0.5, 0.6) is 34.5 Å². The smallest absolute Gasteiger partial charge is 0.194 e. The van der Waals surface area contributed by atoms with Gasteiger partial charge in [0.1, 0.15) is 46.6 Å². The number of carbonyl (C=O) groups excluding carboxylic acids is 1. The lowest BCUT2D eigenvalue weighted by Gasteiger charge is -2.26. The van der Waals surface area contributed by atoms with Crippen LogP contribution in [0.2, 0.25) is 0 Å². The molecular formula is C61H50N4O5. The van der Waals surface area contributed by atoms with Crippen molar-refractivity contribution in [2.45, 2.75) is 38.5 Å². The van der Waals surface area contributed by atoms with Gasteiger partial charge in [0.25, 0.3) is 0 Å². The number of ether oxygens (including phenoxy) is 4. The number of benzene rings is 8. The third-order valence-corrected chi connectivity index (χ3v) is 11.8. The Morgan fingerprint density at radius 2 is 0.671 bits per heavy atom. The van der Waals surface area contributed by atoms with E-state index in [1.807, 2.05) is 84.9 Å². The molecule has 0 radical (unpaired) electrons. The van der Waals surface area contributed by atoms with Gasteiger partial charge in [-0.25, -0.2) is 0 Å². The molecule has 8 aromatic rings. The van der Waals surface area contributed by atoms with E-state index < -0.39 is 0 Å². The van der Waals surface area contributed by atoms with Gasteiger partial charge in [0.05, 0.1) is 38.5 Å². The number of para-hydroxylation sites is 2. The second-order valence-corrected chi connectivity index (χ2v) is 16.8. The van der Waals surface area contributed by atoms with Gasteiger partial charge in [-0.15, -0.1) is 0 Å². The SMILES string of the molecule is COc1ccc(C(C)(C)c2ccc(Oc3ccc(C(=O)c4ccc(Oc5ccc(C(C)(C)c6ccc(OC)cc6)cc5)cc4)cc3)cc2)cc1.N#Cc1ccccc1C#N.[C-]#[N+]c1ccccc1[N+]#[C-]. The zero-order chi connectivity index (χ0) is 50.1. The molecule has 0 fully saturated rings. The summed E-state index contributed by atoms with van der Waals surface area (Å²) in [6.07, 6.45) is 0. The number of methoxy groups -OCH3 is 2. The molecule has 8 aromatic carbocycles. The van der Waals surface area contributed by atoms with E-state index in [0.29, 0.717) is 45.1 Å². The van der Waals surface area contributed by atoms with Gasteiger partial charge in [-0.2, -0.15) is 10.5 Å². The van der Waals surface area contributed by atoms with Gasteiger partial charge in [0.2, 0.25) is 0 Å². The van der Waals surface area contributed by atoms with Crippen molar-refractivity contribution in [3.63, 3.8) is 0 Å². The predicted octanol–water partition coefficient (Wildman–Crippen LogP) is 15.4. The highest BCUT2D eigenvalue weighted by Gasteiger charge is 2.24. The average molecular weight is 919 g/mol. The summed E-state index contributed by atoms with van der Waals surface area (Å²) in [6, 6.07) is 64.4. The minimum Gasteiger partial charge on any atom is -0.497 e. The second kappa shape index (κ2) is 23.4. The molecule has 0 heterocycles. The van der Waals surface area contributed by atoms with Gasteiger partial charge in [-0.05, 0) is 131 Å². The maximum Gasteiger partial charge on any atom is 0.194 e. The van der Waals surface area contributed by atoms with Crippen molar-refractivity contribution in [3.05, 3.63) is 261 Å². The molecule has 0 saturated heterocycles. The normalized spacial score (nSPS) is 10.4. The van der Waals surface area contributed by atoms with Crippen molar-refractivity contribution in [3.8, 4) is 46.6 Å². The molecule has 0 amide bonds. The Balaban J connectivity index is 0.000000330. The van der Waals surface area contributed by atoms with Gasteiger partial charge in [-0.3, -0.25) is 14.5 Å². The lowest BCUT2D eigenvalue weighted by molar-refractivity contribution is 0.103. The molecule has 0 unspecified atom stereocenters. The van der Waals surface area contributed by atoms with E-state index in [1.165, 1.54) is 22.3 Å². The summed E-state index contributed by atoms with van der Waals surface area (Å²) in [5.41, 5.74) is 7.28. The number of hydrogen-bond acceptors (Lipinski definition) is 7. The molecule has 0 atom stereocenters. The number of rotatable bonds is 12. The number of hydrogen-bond donors (Lipinski definition) is 0. The first kappa shape index (κ1) is 50.0. The lowest BCUT2D eigenvalue weighted by Crippen LogP contribution is -2.18. The summed E-state index contributed by atoms with van der Waals surface area (Å²) in [5.74, 6) is 4.38. The maximum atomic E-state index is 13.3. The molecular weight excluding hydrogens is 869 g/mol. The fraction of sp³-hybridized carbons (Fsp3) is 0.131. The Morgan fingerprint density at radius 1 is 0.414 bits per heavy atom. The average Bonchev–Trinajstić information content (AvgIpc) is 3.41. The van der Waals surface area contributed by atoms with Crippen LogP contribution in [0.25, 0.3) is 9.69 Å². The molecule has 0 aliphatic carbocycles. The molecule has 0 aliphatic rings. The van der Waals surface area contributed by atoms with E-state index in [2.05, 4.69) is 85.9 Å². The highest BCUT2D eigenvalue weighted by atomic mass is 16.5. The van der Waals surface area contributed by atoms with Crippen molar-refractivity contribution in [1.29, 1.82) is 10.5 Å². The predicted molar refractivity (Wildman–Crippen MR) is 274 cm³/mol. The fourth-order valence-corrected chi connectivity index (χ4v) is 7.35. The van der Waals surface area contributed by atoms with Crippen LogP contribution < -0.4 is 18.9 Å². The largest absolute Gasteiger partial charge is 0.497 e. The van der Waals surface area contributed by atoms with E-state index >= 15 is 0 Å². The summed E-state index contributed by atoms with van der Waals surface area (Å²) in [7, 11) is 3.35. The Kier molecular flexibility index (Phi) is 16.7. The molecule has 70 heavy (non-hydrogen) atoms. The number of nitrogens with zero attached hydrogens (tertiary/aromatic N) is 4. The Labute approximate surface area is 410 Å². The van der Waals surface area contributed by atoms with Crippen molar-refractivity contribution in [1.82, 2.24) is 0 Å². The van der Waals surface area contributed by atoms with Crippen LogP contribution >= 0.6 is 0 Å². The van der Waals surface area contributed by atoms with Gasteiger partial charge in [0.15, 0.2) is 17.2 Å². The molecule has 0 saturated carbocycles. The molecule has 9 nitrogen and oxygen atoms in total. The van der Waals surface area contributed by atoms with Crippen LogP contribution in [0.15, 0.2) is 194 Å².